The maximum absolute atomic E-state index is 12.3. The standard InChI is InChI=1S/C16H26N2O2/c1-5-16(3,12-17)15(19)18(4)10-11-20-14-8-6-13(2)7-9-14/h6-9H,5,10-12,17H2,1-4H3. The highest BCUT2D eigenvalue weighted by Gasteiger charge is 2.32. The molecule has 0 radical (unpaired) electrons. The first-order valence-corrected chi connectivity index (χ1v) is 7.08. The van der Waals surface area contributed by atoms with Gasteiger partial charge in [0.25, 0.3) is 0 Å². The Morgan fingerprint density at radius 1 is 1.35 bits per heavy atom. The number of likely N-dealkylation sites (N-methyl/N-ethyl adjacent to an activating group) is 1. The summed E-state index contributed by atoms with van der Waals surface area (Å²) in [5.41, 5.74) is 6.44. The van der Waals surface area contributed by atoms with E-state index in [0.717, 1.165) is 12.2 Å². The predicted molar refractivity (Wildman–Crippen MR) is 81.8 cm³/mol. The van der Waals surface area contributed by atoms with Crippen LogP contribution in [-0.2, 0) is 4.79 Å². The third kappa shape index (κ3) is 4.23. The molecule has 4 nitrogen and oxygen atoms in total. The summed E-state index contributed by atoms with van der Waals surface area (Å²) in [6.07, 6.45) is 0.742. The zero-order valence-electron chi connectivity index (χ0n) is 13.0. The normalized spacial score (nSPS) is 13.7. The fourth-order valence-corrected chi connectivity index (χ4v) is 1.88. The Bertz CT molecular complexity index is 425. The molecule has 0 aliphatic rings. The minimum absolute atomic E-state index is 0.0787. The van der Waals surface area contributed by atoms with E-state index in [4.69, 9.17) is 10.5 Å². The van der Waals surface area contributed by atoms with Crippen LogP contribution in [0.1, 0.15) is 25.8 Å². The molecule has 0 fully saturated rings. The van der Waals surface area contributed by atoms with Crippen molar-refractivity contribution in [2.45, 2.75) is 27.2 Å². The van der Waals surface area contributed by atoms with Crippen LogP contribution in [0.15, 0.2) is 24.3 Å². The number of nitrogens with two attached hydrogens (primary N) is 1. The summed E-state index contributed by atoms with van der Waals surface area (Å²) < 4.78 is 5.64. The highest BCUT2D eigenvalue weighted by Crippen LogP contribution is 2.21. The number of nitrogens with zero attached hydrogens (tertiary/aromatic N) is 1. The molecule has 0 spiro atoms. The van der Waals surface area contributed by atoms with Gasteiger partial charge in [-0.05, 0) is 32.4 Å². The van der Waals surface area contributed by atoms with Crippen molar-refractivity contribution >= 4 is 5.91 Å². The molecule has 1 amide bonds. The quantitative estimate of drug-likeness (QED) is 0.832. The lowest BCUT2D eigenvalue weighted by atomic mass is 9.86. The minimum atomic E-state index is -0.474. The molecule has 0 aliphatic heterocycles. The number of carbonyl (C=O) groups excluding carboxylic acids is 1. The van der Waals surface area contributed by atoms with Gasteiger partial charge in [0.05, 0.1) is 12.0 Å². The van der Waals surface area contributed by atoms with Gasteiger partial charge in [0, 0.05) is 13.6 Å². The van der Waals surface area contributed by atoms with E-state index >= 15 is 0 Å². The third-order valence-electron chi connectivity index (χ3n) is 3.81. The maximum Gasteiger partial charge on any atom is 0.229 e. The molecule has 1 rings (SSSR count). The van der Waals surface area contributed by atoms with Crippen LogP contribution in [0.5, 0.6) is 5.75 Å². The van der Waals surface area contributed by atoms with Crippen LogP contribution in [0, 0.1) is 12.3 Å². The highest BCUT2D eigenvalue weighted by atomic mass is 16.5. The number of ether oxygens (including phenoxy) is 1. The molecule has 1 aromatic carbocycles. The molecule has 0 saturated carbocycles. The molecule has 0 aromatic heterocycles. The summed E-state index contributed by atoms with van der Waals surface area (Å²) in [6, 6.07) is 7.89. The first kappa shape index (κ1) is 16.5. The van der Waals surface area contributed by atoms with Gasteiger partial charge in [0.1, 0.15) is 12.4 Å². The number of carbonyl (C=O) groups is 1. The summed E-state index contributed by atoms with van der Waals surface area (Å²) in [5.74, 6) is 0.906. The topological polar surface area (TPSA) is 55.6 Å². The van der Waals surface area contributed by atoms with Gasteiger partial charge in [-0.3, -0.25) is 4.79 Å². The number of benzene rings is 1. The van der Waals surface area contributed by atoms with Gasteiger partial charge < -0.3 is 15.4 Å². The van der Waals surface area contributed by atoms with Crippen LogP contribution < -0.4 is 10.5 Å². The summed E-state index contributed by atoms with van der Waals surface area (Å²) in [5, 5.41) is 0. The molecular formula is C16H26N2O2. The molecule has 0 saturated heterocycles. The van der Waals surface area contributed by atoms with Gasteiger partial charge in [-0.15, -0.1) is 0 Å². The molecule has 0 aliphatic carbocycles. The van der Waals surface area contributed by atoms with Gasteiger partial charge in [-0.25, -0.2) is 0 Å². The van der Waals surface area contributed by atoms with Gasteiger partial charge >= 0.3 is 0 Å². The molecule has 0 heterocycles. The van der Waals surface area contributed by atoms with Crippen LogP contribution in [0.4, 0.5) is 0 Å². The summed E-state index contributed by atoms with van der Waals surface area (Å²) in [4.78, 5) is 14.0. The van der Waals surface area contributed by atoms with E-state index in [2.05, 4.69) is 0 Å². The fraction of sp³-hybridized carbons (Fsp3) is 0.562. The number of aryl methyl sites for hydroxylation is 1. The minimum Gasteiger partial charge on any atom is -0.492 e. The molecule has 1 unspecified atom stereocenters. The molecule has 112 valence electrons. The Labute approximate surface area is 121 Å². The Balaban J connectivity index is 2.45. The lowest BCUT2D eigenvalue weighted by Crippen LogP contribution is -2.45. The molecular weight excluding hydrogens is 252 g/mol. The molecule has 0 bridgehead atoms. The number of hydrogen-bond acceptors (Lipinski definition) is 3. The summed E-state index contributed by atoms with van der Waals surface area (Å²) >= 11 is 0. The number of rotatable bonds is 7. The van der Waals surface area contributed by atoms with Crippen molar-refractivity contribution in [2.75, 3.05) is 26.7 Å². The Kier molecular flexibility index (Phi) is 6.02. The summed E-state index contributed by atoms with van der Waals surface area (Å²) in [7, 11) is 1.80. The molecule has 1 aromatic rings. The van der Waals surface area contributed by atoms with Crippen molar-refractivity contribution in [1.29, 1.82) is 0 Å². The van der Waals surface area contributed by atoms with Crippen molar-refractivity contribution in [2.24, 2.45) is 11.1 Å². The van der Waals surface area contributed by atoms with E-state index in [1.165, 1.54) is 5.56 Å². The van der Waals surface area contributed by atoms with E-state index < -0.39 is 5.41 Å². The van der Waals surface area contributed by atoms with Crippen molar-refractivity contribution < 1.29 is 9.53 Å². The van der Waals surface area contributed by atoms with Crippen molar-refractivity contribution in [3.63, 3.8) is 0 Å². The second kappa shape index (κ2) is 7.29. The number of hydrogen-bond donors (Lipinski definition) is 1. The smallest absolute Gasteiger partial charge is 0.229 e. The SMILES string of the molecule is CCC(C)(CN)C(=O)N(C)CCOc1ccc(C)cc1. The van der Waals surface area contributed by atoms with Crippen LogP contribution in [0.3, 0.4) is 0 Å². The van der Waals surface area contributed by atoms with E-state index in [1.807, 2.05) is 45.0 Å². The van der Waals surface area contributed by atoms with Crippen LogP contribution in [-0.4, -0.2) is 37.6 Å². The predicted octanol–water partition coefficient (Wildman–Crippen LogP) is 2.21. The van der Waals surface area contributed by atoms with Crippen molar-refractivity contribution in [3.8, 4) is 5.75 Å². The van der Waals surface area contributed by atoms with Gasteiger partial charge in [0.15, 0.2) is 0 Å². The fourth-order valence-electron chi connectivity index (χ4n) is 1.88. The molecule has 20 heavy (non-hydrogen) atoms. The van der Waals surface area contributed by atoms with Crippen LogP contribution in [0.25, 0.3) is 0 Å². The van der Waals surface area contributed by atoms with Gasteiger partial charge in [-0.1, -0.05) is 24.6 Å². The molecule has 1 atom stereocenters. The van der Waals surface area contributed by atoms with E-state index in [0.29, 0.717) is 19.7 Å². The molecule has 4 heteroatoms. The highest BCUT2D eigenvalue weighted by molar-refractivity contribution is 5.82. The monoisotopic (exact) mass is 278 g/mol. The largest absolute Gasteiger partial charge is 0.492 e. The van der Waals surface area contributed by atoms with Gasteiger partial charge in [-0.2, -0.15) is 0 Å². The third-order valence-corrected chi connectivity index (χ3v) is 3.81. The van der Waals surface area contributed by atoms with Crippen molar-refractivity contribution in [3.05, 3.63) is 29.8 Å². The Morgan fingerprint density at radius 3 is 2.45 bits per heavy atom. The zero-order valence-corrected chi connectivity index (χ0v) is 13.0. The second-order valence-electron chi connectivity index (χ2n) is 5.51. The lowest BCUT2D eigenvalue weighted by Gasteiger charge is -2.30. The van der Waals surface area contributed by atoms with E-state index in [1.54, 1.807) is 11.9 Å². The maximum atomic E-state index is 12.3. The first-order chi connectivity index (χ1) is 9.42. The first-order valence-electron chi connectivity index (χ1n) is 7.08. The Morgan fingerprint density at radius 2 is 1.95 bits per heavy atom. The lowest BCUT2D eigenvalue weighted by molar-refractivity contribution is -0.139. The van der Waals surface area contributed by atoms with Crippen LogP contribution in [0.2, 0.25) is 0 Å². The second-order valence-corrected chi connectivity index (χ2v) is 5.51. The van der Waals surface area contributed by atoms with Gasteiger partial charge in [0.2, 0.25) is 5.91 Å². The average Bonchev–Trinajstić information content (AvgIpc) is 2.47. The van der Waals surface area contributed by atoms with Crippen molar-refractivity contribution in [1.82, 2.24) is 4.90 Å². The molecule has 2 N–H and O–H groups in total. The zero-order chi connectivity index (χ0) is 15.2. The van der Waals surface area contributed by atoms with E-state index in [-0.39, 0.29) is 5.91 Å². The summed E-state index contributed by atoms with van der Waals surface area (Å²) in [6.45, 7) is 7.34. The Hall–Kier alpha value is -1.55. The van der Waals surface area contributed by atoms with Crippen LogP contribution >= 0.6 is 0 Å². The van der Waals surface area contributed by atoms with E-state index in [9.17, 15) is 4.79 Å². The number of amides is 1. The average molecular weight is 278 g/mol.